The van der Waals surface area contributed by atoms with Gasteiger partial charge in [0.2, 0.25) is 10.0 Å². The van der Waals surface area contributed by atoms with E-state index < -0.39 is 22.0 Å². The van der Waals surface area contributed by atoms with Gasteiger partial charge in [-0.1, -0.05) is 30.3 Å². The highest BCUT2D eigenvalue weighted by Crippen LogP contribution is 2.23. The lowest BCUT2D eigenvalue weighted by atomic mass is 10.2. The Kier molecular flexibility index (Phi) is 6.17. The number of esters is 1. The van der Waals surface area contributed by atoms with E-state index in [1.165, 1.54) is 33.3 Å². The molecule has 0 aliphatic rings. The number of hydrogen-bond donors (Lipinski definition) is 0. The Bertz CT molecular complexity index is 803. The number of benzene rings is 2. The van der Waals surface area contributed by atoms with Crippen LogP contribution < -0.4 is 4.74 Å². The zero-order valence-electron chi connectivity index (χ0n) is 14.4. The van der Waals surface area contributed by atoms with Crippen LogP contribution in [0.4, 0.5) is 0 Å². The fourth-order valence-electron chi connectivity index (χ4n) is 2.36. The number of carbonyl (C=O) groups is 1. The van der Waals surface area contributed by atoms with Crippen molar-refractivity contribution in [3.63, 3.8) is 0 Å². The van der Waals surface area contributed by atoms with E-state index in [1.807, 2.05) is 18.2 Å². The van der Waals surface area contributed by atoms with Crippen molar-refractivity contribution in [3.05, 3.63) is 60.2 Å². The summed E-state index contributed by atoms with van der Waals surface area (Å²) >= 11 is 0. The Morgan fingerprint density at radius 1 is 1.04 bits per heavy atom. The van der Waals surface area contributed by atoms with Crippen molar-refractivity contribution in [3.8, 4) is 5.75 Å². The summed E-state index contributed by atoms with van der Waals surface area (Å²) in [5, 5.41) is 0. The maximum Gasteiger partial charge on any atom is 0.323 e. The van der Waals surface area contributed by atoms with Gasteiger partial charge in [-0.2, -0.15) is 4.31 Å². The van der Waals surface area contributed by atoms with E-state index in [4.69, 9.17) is 9.47 Å². The van der Waals surface area contributed by atoms with Gasteiger partial charge < -0.3 is 9.47 Å². The van der Waals surface area contributed by atoms with Gasteiger partial charge >= 0.3 is 5.97 Å². The third kappa shape index (κ3) is 4.37. The van der Waals surface area contributed by atoms with Gasteiger partial charge in [0.15, 0.2) is 0 Å². The second kappa shape index (κ2) is 8.13. The molecule has 7 heteroatoms. The molecule has 1 atom stereocenters. The maximum absolute atomic E-state index is 13.1. The number of rotatable bonds is 7. The van der Waals surface area contributed by atoms with Crippen molar-refractivity contribution in [2.45, 2.75) is 24.4 Å². The molecule has 0 spiro atoms. The van der Waals surface area contributed by atoms with E-state index in [2.05, 4.69) is 0 Å². The SMILES string of the molecule is COC(=O)[C@@H](C)N(Cc1ccccc1)S(=O)(=O)c1ccc(OC)cc1. The van der Waals surface area contributed by atoms with Crippen LogP contribution in [0, 0.1) is 0 Å². The second-order valence-electron chi connectivity index (χ2n) is 5.41. The summed E-state index contributed by atoms with van der Waals surface area (Å²) in [5.74, 6) is -0.0670. The minimum Gasteiger partial charge on any atom is -0.497 e. The van der Waals surface area contributed by atoms with Crippen LogP contribution in [0.5, 0.6) is 5.75 Å². The van der Waals surface area contributed by atoms with Crippen LogP contribution >= 0.6 is 0 Å². The lowest BCUT2D eigenvalue weighted by Crippen LogP contribution is -2.43. The van der Waals surface area contributed by atoms with Crippen LogP contribution in [0.1, 0.15) is 12.5 Å². The predicted molar refractivity (Wildman–Crippen MR) is 93.6 cm³/mol. The van der Waals surface area contributed by atoms with Crippen molar-refractivity contribution in [2.75, 3.05) is 14.2 Å². The van der Waals surface area contributed by atoms with E-state index in [0.29, 0.717) is 5.75 Å². The topological polar surface area (TPSA) is 72.9 Å². The predicted octanol–water partition coefficient (Wildman–Crippen LogP) is 2.45. The van der Waals surface area contributed by atoms with Gasteiger partial charge in [-0.3, -0.25) is 4.79 Å². The number of hydrogen-bond acceptors (Lipinski definition) is 5. The van der Waals surface area contributed by atoms with E-state index >= 15 is 0 Å². The zero-order valence-corrected chi connectivity index (χ0v) is 15.2. The average Bonchev–Trinajstić information content (AvgIpc) is 2.65. The molecule has 0 fully saturated rings. The van der Waals surface area contributed by atoms with Crippen LogP contribution in [0.2, 0.25) is 0 Å². The second-order valence-corrected chi connectivity index (χ2v) is 7.30. The Hall–Kier alpha value is -2.38. The van der Waals surface area contributed by atoms with Gasteiger partial charge in [-0.15, -0.1) is 0 Å². The standard InChI is InChI=1S/C18H21NO5S/c1-14(18(20)24-3)19(13-15-7-5-4-6-8-15)25(21,22)17-11-9-16(23-2)10-12-17/h4-12,14H,13H2,1-3H3/t14-/m1/s1. The fourth-order valence-corrected chi connectivity index (χ4v) is 3.94. The summed E-state index contributed by atoms with van der Waals surface area (Å²) in [7, 11) is -1.16. The molecule has 0 unspecified atom stereocenters. The lowest BCUT2D eigenvalue weighted by Gasteiger charge is -2.26. The van der Waals surface area contributed by atoms with E-state index in [1.54, 1.807) is 24.3 Å². The summed E-state index contributed by atoms with van der Waals surface area (Å²) in [6, 6.07) is 14.2. The average molecular weight is 363 g/mol. The first-order chi connectivity index (χ1) is 11.9. The van der Waals surface area contributed by atoms with Gasteiger partial charge in [0.05, 0.1) is 19.1 Å². The largest absolute Gasteiger partial charge is 0.497 e. The van der Waals surface area contributed by atoms with Crippen molar-refractivity contribution in [1.82, 2.24) is 4.31 Å². The van der Waals surface area contributed by atoms with Gasteiger partial charge in [-0.05, 0) is 36.8 Å². The van der Waals surface area contributed by atoms with E-state index in [-0.39, 0.29) is 11.4 Å². The Balaban J connectivity index is 2.42. The highest BCUT2D eigenvalue weighted by Gasteiger charge is 2.33. The van der Waals surface area contributed by atoms with Crippen LogP contribution in [-0.2, 0) is 26.1 Å². The van der Waals surface area contributed by atoms with Crippen molar-refractivity contribution in [2.24, 2.45) is 0 Å². The number of sulfonamides is 1. The number of carbonyl (C=O) groups excluding carboxylic acids is 1. The van der Waals surface area contributed by atoms with Crippen LogP contribution in [-0.4, -0.2) is 39.0 Å². The molecule has 0 aromatic heterocycles. The van der Waals surface area contributed by atoms with Crippen LogP contribution in [0.15, 0.2) is 59.5 Å². The Morgan fingerprint density at radius 3 is 2.16 bits per heavy atom. The zero-order chi connectivity index (χ0) is 18.4. The highest BCUT2D eigenvalue weighted by atomic mass is 32.2. The lowest BCUT2D eigenvalue weighted by molar-refractivity contribution is -0.144. The van der Waals surface area contributed by atoms with E-state index in [9.17, 15) is 13.2 Å². The molecule has 0 aliphatic heterocycles. The van der Waals surface area contributed by atoms with Gasteiger partial charge in [-0.25, -0.2) is 8.42 Å². The molecule has 0 radical (unpaired) electrons. The van der Waals surface area contributed by atoms with Gasteiger partial charge in [0.25, 0.3) is 0 Å². The molecule has 0 saturated heterocycles. The molecule has 25 heavy (non-hydrogen) atoms. The number of ether oxygens (including phenoxy) is 2. The molecule has 6 nitrogen and oxygen atoms in total. The first-order valence-electron chi connectivity index (χ1n) is 7.67. The molecular weight excluding hydrogens is 342 g/mol. The molecule has 134 valence electrons. The maximum atomic E-state index is 13.1. The minimum atomic E-state index is -3.90. The van der Waals surface area contributed by atoms with Gasteiger partial charge in [0.1, 0.15) is 11.8 Å². The Labute approximate surface area is 148 Å². The minimum absolute atomic E-state index is 0.0610. The first-order valence-corrected chi connectivity index (χ1v) is 9.12. The van der Waals surface area contributed by atoms with Gasteiger partial charge in [0, 0.05) is 6.54 Å². The molecule has 0 saturated carbocycles. The van der Waals surface area contributed by atoms with Crippen molar-refractivity contribution >= 4 is 16.0 Å². The molecular formula is C18H21NO5S. The van der Waals surface area contributed by atoms with Crippen LogP contribution in [0.25, 0.3) is 0 Å². The molecule has 2 aromatic carbocycles. The summed E-state index contributed by atoms with van der Waals surface area (Å²) in [5.41, 5.74) is 0.773. The molecule has 2 rings (SSSR count). The summed E-state index contributed by atoms with van der Waals surface area (Å²) in [4.78, 5) is 12.1. The highest BCUT2D eigenvalue weighted by molar-refractivity contribution is 7.89. The molecule has 0 aliphatic carbocycles. The van der Waals surface area contributed by atoms with Crippen molar-refractivity contribution < 1.29 is 22.7 Å². The van der Waals surface area contributed by atoms with Crippen LogP contribution in [0.3, 0.4) is 0 Å². The molecule has 0 N–H and O–H groups in total. The summed E-state index contributed by atoms with van der Waals surface area (Å²) in [6.07, 6.45) is 0. The summed E-state index contributed by atoms with van der Waals surface area (Å²) < 4.78 is 37.1. The first kappa shape index (κ1) is 19.0. The number of methoxy groups -OCH3 is 2. The van der Waals surface area contributed by atoms with E-state index in [0.717, 1.165) is 9.87 Å². The molecule has 0 amide bonds. The fraction of sp³-hybridized carbons (Fsp3) is 0.278. The smallest absolute Gasteiger partial charge is 0.323 e. The normalized spacial score (nSPS) is 12.6. The van der Waals surface area contributed by atoms with Crippen molar-refractivity contribution in [1.29, 1.82) is 0 Å². The molecule has 0 bridgehead atoms. The molecule has 0 heterocycles. The monoisotopic (exact) mass is 363 g/mol. The third-order valence-electron chi connectivity index (χ3n) is 3.82. The quantitative estimate of drug-likeness (QED) is 0.707. The molecule has 2 aromatic rings. The summed E-state index contributed by atoms with van der Waals surface area (Å²) in [6.45, 7) is 1.57. The Morgan fingerprint density at radius 2 is 1.64 bits per heavy atom. The third-order valence-corrected chi connectivity index (χ3v) is 5.75. The number of nitrogens with zero attached hydrogens (tertiary/aromatic N) is 1.